The van der Waals surface area contributed by atoms with E-state index in [-0.39, 0.29) is 18.6 Å². The number of nitrogens with zero attached hydrogens (tertiary/aromatic N) is 4. The van der Waals surface area contributed by atoms with Crippen LogP contribution in [0.15, 0.2) is 12.5 Å². The number of rotatable bonds is 9. The Labute approximate surface area is 152 Å². The number of aromatic nitrogens is 4. The van der Waals surface area contributed by atoms with Crippen molar-refractivity contribution in [3.63, 3.8) is 0 Å². The van der Waals surface area contributed by atoms with Crippen LogP contribution in [0.1, 0.15) is 33.4 Å². The van der Waals surface area contributed by atoms with Gasteiger partial charge in [-0.2, -0.15) is 5.10 Å². The summed E-state index contributed by atoms with van der Waals surface area (Å²) in [6.07, 6.45) is 3.11. The number of fused-ring (bicyclic) bond motifs is 1. The van der Waals surface area contributed by atoms with Gasteiger partial charge in [0.2, 0.25) is 0 Å². The second kappa shape index (κ2) is 9.07. The number of nitrogens with one attached hydrogen (secondary N) is 1. The van der Waals surface area contributed by atoms with Crippen LogP contribution in [-0.4, -0.2) is 50.1 Å². The monoisotopic (exact) mass is 384 g/mol. The number of hydrogen-bond donors (Lipinski definition) is 2. The van der Waals surface area contributed by atoms with Crippen LogP contribution in [-0.2, 0) is 25.3 Å². The minimum absolute atomic E-state index is 0.0129. The normalized spacial score (nSPS) is 15.1. The van der Waals surface area contributed by atoms with Crippen molar-refractivity contribution in [3.05, 3.63) is 18.2 Å². The molecule has 3 atom stereocenters. The zero-order valence-electron chi connectivity index (χ0n) is 15.3. The summed E-state index contributed by atoms with van der Waals surface area (Å²) in [6, 6.07) is -0.652. The number of carbonyl (C=O) groups excluding carboxylic acids is 1. The van der Waals surface area contributed by atoms with Gasteiger partial charge in [0.15, 0.2) is 19.4 Å². The second-order valence-corrected chi connectivity index (χ2v) is 7.65. The van der Waals surface area contributed by atoms with Gasteiger partial charge in [0, 0.05) is 6.42 Å². The number of nitrogen functional groups attached to an aromatic ring is 1. The van der Waals surface area contributed by atoms with E-state index < -0.39 is 20.0 Å². The Hall–Kier alpha value is -2.03. The molecule has 0 aliphatic carbocycles. The molecule has 2 rings (SSSR count). The summed E-state index contributed by atoms with van der Waals surface area (Å²) in [4.78, 5) is 19.8. The van der Waals surface area contributed by atoms with Crippen LogP contribution >= 0.6 is 7.95 Å². The van der Waals surface area contributed by atoms with E-state index >= 15 is 0 Å². The lowest BCUT2D eigenvalue weighted by atomic mass is 10.2. The Morgan fingerprint density at radius 1 is 1.35 bits per heavy atom. The van der Waals surface area contributed by atoms with Gasteiger partial charge >= 0.3 is 5.97 Å². The zero-order valence-corrected chi connectivity index (χ0v) is 16.3. The van der Waals surface area contributed by atoms with Crippen LogP contribution in [0.3, 0.4) is 0 Å². The number of carbonyl (C=O) groups is 1. The van der Waals surface area contributed by atoms with Crippen molar-refractivity contribution in [1.82, 2.24) is 24.7 Å². The first-order chi connectivity index (χ1) is 12.3. The number of ether oxygens (including phenoxy) is 2. The third-order valence-electron chi connectivity index (χ3n) is 3.48. The Morgan fingerprint density at radius 2 is 2.08 bits per heavy atom. The molecule has 0 aliphatic heterocycles. The molecule has 0 amide bonds. The zero-order chi connectivity index (χ0) is 19.3. The highest BCUT2D eigenvalue weighted by atomic mass is 31.1. The predicted molar refractivity (Wildman–Crippen MR) is 97.1 cm³/mol. The molecule has 26 heavy (non-hydrogen) atoms. The molecule has 0 fully saturated rings. The quantitative estimate of drug-likeness (QED) is 0.480. The second-order valence-electron chi connectivity index (χ2n) is 6.23. The molecular weight excluding hydrogens is 359 g/mol. The third kappa shape index (κ3) is 5.48. The maximum Gasteiger partial charge on any atom is 0.323 e. The van der Waals surface area contributed by atoms with Crippen LogP contribution in [0.25, 0.3) is 5.65 Å². The average molecular weight is 384 g/mol. The smallest absolute Gasteiger partial charge is 0.323 e. The lowest BCUT2D eigenvalue weighted by Crippen LogP contribution is -2.33. The Kier molecular flexibility index (Phi) is 7.07. The lowest BCUT2D eigenvalue weighted by molar-refractivity contribution is -0.148. The van der Waals surface area contributed by atoms with Crippen molar-refractivity contribution in [2.45, 2.75) is 52.4 Å². The van der Waals surface area contributed by atoms with Gasteiger partial charge in [-0.1, -0.05) is 0 Å². The van der Waals surface area contributed by atoms with E-state index in [2.05, 4.69) is 20.2 Å². The summed E-state index contributed by atoms with van der Waals surface area (Å²) in [7, 11) is -2.28. The minimum atomic E-state index is -2.28. The van der Waals surface area contributed by atoms with Crippen molar-refractivity contribution in [1.29, 1.82) is 0 Å². The van der Waals surface area contributed by atoms with E-state index in [1.807, 2.05) is 6.92 Å². The van der Waals surface area contributed by atoms with Crippen LogP contribution in [0.2, 0.25) is 0 Å². The molecule has 2 heterocycles. The molecule has 11 heteroatoms. The van der Waals surface area contributed by atoms with E-state index in [1.54, 1.807) is 31.5 Å². The van der Waals surface area contributed by atoms with Crippen LogP contribution in [0, 0.1) is 0 Å². The molecular formula is C15H25N6O4P. The van der Waals surface area contributed by atoms with E-state index in [0.717, 1.165) is 5.69 Å². The highest BCUT2D eigenvalue weighted by molar-refractivity contribution is 7.42. The summed E-state index contributed by atoms with van der Waals surface area (Å²) < 4.78 is 24.4. The Balaban J connectivity index is 1.82. The van der Waals surface area contributed by atoms with Gasteiger partial charge in [0.05, 0.1) is 24.1 Å². The van der Waals surface area contributed by atoms with Gasteiger partial charge in [0.25, 0.3) is 0 Å². The first kappa shape index (κ1) is 20.3. The molecule has 0 radical (unpaired) electrons. The van der Waals surface area contributed by atoms with Crippen LogP contribution < -0.4 is 10.8 Å². The summed E-state index contributed by atoms with van der Waals surface area (Å²) in [5.41, 5.74) is 7.05. The molecule has 144 valence electrons. The summed E-state index contributed by atoms with van der Waals surface area (Å²) in [6.45, 7) is 6.99. The fraction of sp³-hybridized carbons (Fsp3) is 0.600. The van der Waals surface area contributed by atoms with Crippen molar-refractivity contribution in [3.8, 4) is 0 Å². The lowest BCUT2D eigenvalue weighted by Gasteiger charge is -2.16. The van der Waals surface area contributed by atoms with Crippen molar-refractivity contribution in [2.24, 2.45) is 0 Å². The number of hydrogen-bond acceptors (Lipinski definition) is 8. The van der Waals surface area contributed by atoms with Gasteiger partial charge in [-0.3, -0.25) is 9.88 Å². The Morgan fingerprint density at radius 3 is 2.77 bits per heavy atom. The van der Waals surface area contributed by atoms with Gasteiger partial charge in [0.1, 0.15) is 18.7 Å². The molecule has 2 aromatic heterocycles. The van der Waals surface area contributed by atoms with Crippen molar-refractivity contribution in [2.75, 3.05) is 12.1 Å². The molecule has 2 aromatic rings. The number of anilines is 1. The minimum Gasteiger partial charge on any atom is -0.462 e. The molecule has 3 N–H and O–H groups in total. The molecule has 0 spiro atoms. The number of imidazole rings is 1. The Bertz CT molecular complexity index is 781. The van der Waals surface area contributed by atoms with Crippen molar-refractivity contribution >= 4 is 25.4 Å². The topological polar surface area (TPSA) is 134 Å². The molecule has 1 unspecified atom stereocenters. The number of nitrogens with two attached hydrogens (primary N) is 1. The highest BCUT2D eigenvalue weighted by Crippen LogP contribution is 2.19. The molecule has 0 aromatic carbocycles. The highest BCUT2D eigenvalue weighted by Gasteiger charge is 2.18. The summed E-state index contributed by atoms with van der Waals surface area (Å²) in [5.74, 6) is -0.134. The van der Waals surface area contributed by atoms with Gasteiger partial charge < -0.3 is 19.8 Å². The molecule has 0 saturated heterocycles. The SMILES string of the molecule is CC(C)OC(=O)[C@H](C)N[PH](=O)CO[C@H](C)Cc1cnc2c(N)ncnn12. The van der Waals surface area contributed by atoms with Gasteiger partial charge in [-0.05, 0) is 27.7 Å². The van der Waals surface area contributed by atoms with E-state index in [1.165, 1.54) is 6.33 Å². The van der Waals surface area contributed by atoms with Crippen LogP contribution in [0.4, 0.5) is 5.82 Å². The van der Waals surface area contributed by atoms with Gasteiger partial charge in [-0.25, -0.2) is 14.5 Å². The van der Waals surface area contributed by atoms with Crippen LogP contribution in [0.5, 0.6) is 0 Å². The summed E-state index contributed by atoms with van der Waals surface area (Å²) in [5, 5.41) is 6.85. The largest absolute Gasteiger partial charge is 0.462 e. The first-order valence-electron chi connectivity index (χ1n) is 8.32. The fourth-order valence-corrected chi connectivity index (χ4v) is 3.39. The maximum absolute atomic E-state index is 12.1. The average Bonchev–Trinajstić information content (AvgIpc) is 2.96. The van der Waals surface area contributed by atoms with E-state index in [0.29, 0.717) is 17.9 Å². The molecule has 0 saturated carbocycles. The first-order valence-corrected chi connectivity index (χ1v) is 9.94. The molecule has 0 bridgehead atoms. The third-order valence-corrected chi connectivity index (χ3v) is 4.66. The molecule has 10 nitrogen and oxygen atoms in total. The standard InChI is InChI=1S/C15H25N6O4P/c1-9(2)25-15(22)11(4)20-26(23)8-24-10(3)5-12-6-17-14-13(16)18-7-19-21(12)14/h6-7,9-11,26H,5,8H2,1-4H3,(H,20,23)(H2,16,18,19)/t10-,11+/m1/s1. The van der Waals surface area contributed by atoms with Crippen molar-refractivity contribution < 1.29 is 18.8 Å². The van der Waals surface area contributed by atoms with E-state index in [9.17, 15) is 9.36 Å². The molecule has 0 aliphatic rings. The fourth-order valence-electron chi connectivity index (χ4n) is 2.27. The number of esters is 1. The van der Waals surface area contributed by atoms with Gasteiger partial charge in [-0.15, -0.1) is 0 Å². The maximum atomic E-state index is 12.1. The predicted octanol–water partition coefficient (Wildman–Crippen LogP) is 1.02. The van der Waals surface area contributed by atoms with E-state index in [4.69, 9.17) is 15.2 Å². The summed E-state index contributed by atoms with van der Waals surface area (Å²) >= 11 is 0.